The molecule has 0 atom stereocenters. The molecule has 0 aliphatic carbocycles. The first kappa shape index (κ1) is 16.7. The van der Waals surface area contributed by atoms with E-state index in [9.17, 15) is 19.7 Å². The maximum absolute atomic E-state index is 12.2. The first-order valence-electron chi connectivity index (χ1n) is 6.14. The number of nitro groups is 1. The lowest BCUT2D eigenvalue weighted by Crippen LogP contribution is -2.15. The predicted octanol–water partition coefficient (Wildman–Crippen LogP) is 3.25. The summed E-state index contributed by atoms with van der Waals surface area (Å²) in [5, 5.41) is 13.2. The van der Waals surface area contributed by atoms with Crippen LogP contribution in [0.3, 0.4) is 0 Å². The molecule has 0 saturated heterocycles. The molecule has 0 spiro atoms. The summed E-state index contributed by atoms with van der Waals surface area (Å²) in [5.41, 5.74) is 5.29. The number of nitrogens with one attached hydrogen (secondary N) is 1. The number of amides is 2. The summed E-state index contributed by atoms with van der Waals surface area (Å²) < 4.78 is 0. The van der Waals surface area contributed by atoms with Crippen molar-refractivity contribution in [2.75, 3.05) is 5.32 Å². The number of hydrogen-bond acceptors (Lipinski definition) is 4. The Balaban J connectivity index is 2.31. The Labute approximate surface area is 140 Å². The molecule has 9 heteroatoms. The summed E-state index contributed by atoms with van der Waals surface area (Å²) in [5.74, 6) is -1.31. The van der Waals surface area contributed by atoms with Crippen molar-refractivity contribution in [2.45, 2.75) is 0 Å². The maximum Gasteiger partial charge on any atom is 0.270 e. The third kappa shape index (κ3) is 3.77. The molecular formula is C14H9Cl2N3O4. The van der Waals surface area contributed by atoms with Crippen LogP contribution in [-0.4, -0.2) is 16.7 Å². The third-order valence-electron chi connectivity index (χ3n) is 2.91. The molecule has 0 unspecified atom stereocenters. The number of carbonyl (C=O) groups excluding carboxylic acids is 2. The molecule has 0 bridgehead atoms. The number of carbonyl (C=O) groups is 2. The zero-order valence-corrected chi connectivity index (χ0v) is 12.9. The van der Waals surface area contributed by atoms with Gasteiger partial charge in [0.15, 0.2) is 0 Å². The predicted molar refractivity (Wildman–Crippen MR) is 86.0 cm³/mol. The van der Waals surface area contributed by atoms with Crippen molar-refractivity contribution in [1.82, 2.24) is 0 Å². The van der Waals surface area contributed by atoms with E-state index in [1.54, 1.807) is 0 Å². The highest BCUT2D eigenvalue weighted by Crippen LogP contribution is 2.26. The van der Waals surface area contributed by atoms with Crippen LogP contribution in [0.5, 0.6) is 0 Å². The van der Waals surface area contributed by atoms with Gasteiger partial charge in [0.2, 0.25) is 5.91 Å². The second-order valence-corrected chi connectivity index (χ2v) is 5.25. The smallest absolute Gasteiger partial charge is 0.270 e. The van der Waals surface area contributed by atoms with Crippen LogP contribution in [-0.2, 0) is 0 Å². The highest BCUT2D eigenvalue weighted by Gasteiger charge is 2.16. The van der Waals surface area contributed by atoms with Gasteiger partial charge >= 0.3 is 0 Å². The summed E-state index contributed by atoms with van der Waals surface area (Å²) in [6.07, 6.45) is 0. The summed E-state index contributed by atoms with van der Waals surface area (Å²) >= 11 is 11.8. The van der Waals surface area contributed by atoms with Crippen LogP contribution in [0.1, 0.15) is 20.7 Å². The Morgan fingerprint density at radius 3 is 2.35 bits per heavy atom. The number of hydrogen-bond donors (Lipinski definition) is 2. The molecule has 0 fully saturated rings. The van der Waals surface area contributed by atoms with E-state index in [2.05, 4.69) is 5.32 Å². The van der Waals surface area contributed by atoms with Crippen LogP contribution in [0.2, 0.25) is 10.0 Å². The largest absolute Gasteiger partial charge is 0.366 e. The summed E-state index contributed by atoms with van der Waals surface area (Å²) in [4.78, 5) is 33.4. The fraction of sp³-hybridized carbons (Fsp3) is 0. The molecule has 2 aromatic carbocycles. The van der Waals surface area contributed by atoms with E-state index in [4.69, 9.17) is 28.9 Å². The average Bonchev–Trinajstić information content (AvgIpc) is 2.48. The zero-order chi connectivity index (χ0) is 17.1. The molecule has 2 rings (SSSR count). The van der Waals surface area contributed by atoms with Gasteiger partial charge in [0.25, 0.3) is 11.6 Å². The lowest BCUT2D eigenvalue weighted by atomic mass is 10.1. The molecule has 118 valence electrons. The number of primary amides is 1. The topological polar surface area (TPSA) is 115 Å². The molecule has 0 aromatic heterocycles. The second kappa shape index (κ2) is 6.64. The van der Waals surface area contributed by atoms with E-state index in [1.165, 1.54) is 24.3 Å². The van der Waals surface area contributed by atoms with Crippen molar-refractivity contribution < 1.29 is 14.5 Å². The van der Waals surface area contributed by atoms with Gasteiger partial charge < -0.3 is 11.1 Å². The van der Waals surface area contributed by atoms with Crippen molar-refractivity contribution in [2.24, 2.45) is 5.73 Å². The van der Waals surface area contributed by atoms with E-state index in [1.807, 2.05) is 0 Å². The minimum Gasteiger partial charge on any atom is -0.366 e. The van der Waals surface area contributed by atoms with Crippen LogP contribution >= 0.6 is 23.2 Å². The van der Waals surface area contributed by atoms with E-state index >= 15 is 0 Å². The molecule has 0 aliphatic heterocycles. The Kier molecular flexibility index (Phi) is 4.83. The summed E-state index contributed by atoms with van der Waals surface area (Å²) in [6.45, 7) is 0. The van der Waals surface area contributed by atoms with E-state index in [0.717, 1.165) is 12.1 Å². The highest BCUT2D eigenvalue weighted by atomic mass is 35.5. The van der Waals surface area contributed by atoms with Gasteiger partial charge in [0.1, 0.15) is 0 Å². The second-order valence-electron chi connectivity index (χ2n) is 4.43. The first-order valence-corrected chi connectivity index (χ1v) is 6.90. The molecule has 0 aliphatic rings. The van der Waals surface area contributed by atoms with E-state index < -0.39 is 16.7 Å². The van der Waals surface area contributed by atoms with Crippen LogP contribution in [0.25, 0.3) is 0 Å². The number of non-ortho nitro benzene ring substituents is 1. The van der Waals surface area contributed by atoms with Crippen molar-refractivity contribution in [3.05, 3.63) is 67.7 Å². The van der Waals surface area contributed by atoms with Crippen molar-refractivity contribution in [1.29, 1.82) is 0 Å². The van der Waals surface area contributed by atoms with Gasteiger partial charge in [-0.3, -0.25) is 19.7 Å². The fourth-order valence-electron chi connectivity index (χ4n) is 1.77. The molecule has 0 heterocycles. The SMILES string of the molecule is NC(=O)c1ccc(Cl)c(NC(=O)c2ccc([N+](=O)[O-])cc2Cl)c1. The van der Waals surface area contributed by atoms with Gasteiger partial charge in [-0.05, 0) is 24.3 Å². The van der Waals surface area contributed by atoms with Crippen molar-refractivity contribution in [3.63, 3.8) is 0 Å². The number of anilines is 1. The summed E-state index contributed by atoms with van der Waals surface area (Å²) in [6, 6.07) is 7.59. The van der Waals surface area contributed by atoms with Gasteiger partial charge in [-0.1, -0.05) is 23.2 Å². The third-order valence-corrected chi connectivity index (χ3v) is 3.55. The van der Waals surface area contributed by atoms with Crippen LogP contribution in [0.15, 0.2) is 36.4 Å². The van der Waals surface area contributed by atoms with Gasteiger partial charge in [-0.25, -0.2) is 0 Å². The highest BCUT2D eigenvalue weighted by molar-refractivity contribution is 6.36. The summed E-state index contributed by atoms with van der Waals surface area (Å²) in [7, 11) is 0. The van der Waals surface area contributed by atoms with Crippen LogP contribution in [0, 0.1) is 10.1 Å². The van der Waals surface area contributed by atoms with Crippen molar-refractivity contribution in [3.8, 4) is 0 Å². The Bertz CT molecular complexity index is 824. The van der Waals surface area contributed by atoms with Gasteiger partial charge in [-0.15, -0.1) is 0 Å². The van der Waals surface area contributed by atoms with Gasteiger partial charge in [0.05, 0.1) is 26.2 Å². The monoisotopic (exact) mass is 353 g/mol. The lowest BCUT2D eigenvalue weighted by Gasteiger charge is -2.09. The number of benzene rings is 2. The van der Waals surface area contributed by atoms with Gasteiger partial charge in [-0.2, -0.15) is 0 Å². The van der Waals surface area contributed by atoms with Crippen molar-refractivity contribution >= 4 is 46.4 Å². The number of nitrogens with zero attached hydrogens (tertiary/aromatic N) is 1. The number of nitro benzene ring substituents is 1. The molecule has 2 aromatic rings. The Morgan fingerprint density at radius 1 is 1.09 bits per heavy atom. The minimum absolute atomic E-state index is 0.0258. The maximum atomic E-state index is 12.2. The molecular weight excluding hydrogens is 345 g/mol. The molecule has 23 heavy (non-hydrogen) atoms. The molecule has 7 nitrogen and oxygen atoms in total. The van der Waals surface area contributed by atoms with E-state index in [-0.39, 0.29) is 32.5 Å². The first-order chi connectivity index (χ1) is 10.8. The Hall–Kier alpha value is -2.64. The standard InChI is InChI=1S/C14H9Cl2N3O4/c15-10-4-1-7(13(17)20)5-12(10)18-14(21)9-3-2-8(19(22)23)6-11(9)16/h1-6H,(H2,17,20)(H,18,21). The lowest BCUT2D eigenvalue weighted by molar-refractivity contribution is -0.384. The molecule has 0 radical (unpaired) electrons. The minimum atomic E-state index is -0.675. The molecule has 0 saturated carbocycles. The normalized spacial score (nSPS) is 10.2. The quantitative estimate of drug-likeness (QED) is 0.648. The van der Waals surface area contributed by atoms with E-state index in [0.29, 0.717) is 0 Å². The molecule has 2 amide bonds. The number of rotatable bonds is 4. The van der Waals surface area contributed by atoms with Crippen LogP contribution in [0.4, 0.5) is 11.4 Å². The Morgan fingerprint density at radius 2 is 1.78 bits per heavy atom. The number of nitrogens with two attached hydrogens (primary N) is 1. The average molecular weight is 354 g/mol. The van der Waals surface area contributed by atoms with Crippen LogP contribution < -0.4 is 11.1 Å². The van der Waals surface area contributed by atoms with Gasteiger partial charge in [0, 0.05) is 17.7 Å². The molecule has 3 N–H and O–H groups in total. The number of halogens is 2. The fourth-order valence-corrected chi connectivity index (χ4v) is 2.19. The zero-order valence-electron chi connectivity index (χ0n) is 11.4.